The van der Waals surface area contributed by atoms with Crippen molar-refractivity contribution in [2.24, 2.45) is 0 Å². The highest BCUT2D eigenvalue weighted by molar-refractivity contribution is 7.92. The SMILES string of the molecule is O=C(Nc1ccc(O)c(NS(=O)(=O)c2ccc(F)cc2)c1)c1ccc(-c2cnccn2)cc1. The number of hydrogen-bond donors (Lipinski definition) is 3. The molecule has 0 aliphatic rings. The van der Waals surface area contributed by atoms with Crippen LogP contribution in [0.1, 0.15) is 10.4 Å². The van der Waals surface area contributed by atoms with Gasteiger partial charge in [0.05, 0.1) is 22.5 Å². The van der Waals surface area contributed by atoms with Crippen LogP contribution in [0.25, 0.3) is 11.3 Å². The number of aromatic nitrogens is 2. The average Bonchev–Trinajstić information content (AvgIpc) is 2.82. The summed E-state index contributed by atoms with van der Waals surface area (Å²) in [5.74, 6) is -1.35. The Labute approximate surface area is 188 Å². The molecule has 3 aromatic carbocycles. The highest BCUT2D eigenvalue weighted by Crippen LogP contribution is 2.29. The fourth-order valence-corrected chi connectivity index (χ4v) is 4.02. The molecular formula is C23H17FN4O4S. The second-order valence-corrected chi connectivity index (χ2v) is 8.60. The summed E-state index contributed by atoms with van der Waals surface area (Å²) in [6, 6.07) is 14.9. The highest BCUT2D eigenvalue weighted by Gasteiger charge is 2.17. The van der Waals surface area contributed by atoms with Gasteiger partial charge in [0.15, 0.2) is 0 Å². The largest absolute Gasteiger partial charge is 0.506 e. The van der Waals surface area contributed by atoms with Gasteiger partial charge in [0, 0.05) is 29.2 Å². The van der Waals surface area contributed by atoms with Gasteiger partial charge in [0.2, 0.25) is 0 Å². The number of aromatic hydroxyl groups is 1. The third-order valence-corrected chi connectivity index (χ3v) is 6.01. The van der Waals surface area contributed by atoms with Crippen LogP contribution in [0.2, 0.25) is 0 Å². The minimum Gasteiger partial charge on any atom is -0.506 e. The van der Waals surface area contributed by atoms with Crippen LogP contribution in [0.15, 0.2) is 90.2 Å². The number of amides is 1. The van der Waals surface area contributed by atoms with Crippen molar-refractivity contribution in [3.63, 3.8) is 0 Å². The van der Waals surface area contributed by atoms with Crippen LogP contribution in [-0.4, -0.2) is 29.4 Å². The van der Waals surface area contributed by atoms with E-state index in [-0.39, 0.29) is 22.0 Å². The van der Waals surface area contributed by atoms with E-state index in [1.165, 1.54) is 18.2 Å². The molecule has 8 nitrogen and oxygen atoms in total. The number of phenolic OH excluding ortho intramolecular Hbond substituents is 1. The molecule has 33 heavy (non-hydrogen) atoms. The maximum Gasteiger partial charge on any atom is 0.262 e. The zero-order valence-corrected chi connectivity index (χ0v) is 17.8. The second-order valence-electron chi connectivity index (χ2n) is 6.91. The van der Waals surface area contributed by atoms with Gasteiger partial charge in [-0.3, -0.25) is 19.5 Å². The zero-order chi connectivity index (χ0) is 23.4. The molecule has 1 heterocycles. The number of halogens is 1. The number of anilines is 2. The van der Waals surface area contributed by atoms with E-state index < -0.39 is 21.7 Å². The maximum absolute atomic E-state index is 13.1. The van der Waals surface area contributed by atoms with E-state index in [4.69, 9.17) is 0 Å². The molecular weight excluding hydrogens is 447 g/mol. The van der Waals surface area contributed by atoms with Crippen LogP contribution >= 0.6 is 0 Å². The summed E-state index contributed by atoms with van der Waals surface area (Å²) in [6.45, 7) is 0. The standard InChI is InChI=1S/C23H17FN4O4S/c24-17-5-8-19(9-6-17)33(31,32)28-20-13-18(7-10-22(20)29)27-23(30)16-3-1-15(2-4-16)21-14-25-11-12-26-21/h1-14,28-29H,(H,27,30). The first-order valence-corrected chi connectivity index (χ1v) is 11.1. The smallest absolute Gasteiger partial charge is 0.262 e. The lowest BCUT2D eigenvalue weighted by molar-refractivity contribution is 0.102. The molecule has 0 aliphatic heterocycles. The fraction of sp³-hybridized carbons (Fsp3) is 0. The van der Waals surface area contributed by atoms with E-state index in [1.807, 2.05) is 0 Å². The van der Waals surface area contributed by atoms with Crippen LogP contribution in [0, 0.1) is 5.82 Å². The number of benzene rings is 3. The number of nitrogens with one attached hydrogen (secondary N) is 2. The Bertz CT molecular complexity index is 1400. The third-order valence-electron chi connectivity index (χ3n) is 4.63. The highest BCUT2D eigenvalue weighted by atomic mass is 32.2. The molecule has 3 N–H and O–H groups in total. The maximum atomic E-state index is 13.1. The second kappa shape index (κ2) is 9.05. The molecule has 0 radical (unpaired) electrons. The molecule has 0 bridgehead atoms. The molecule has 0 saturated carbocycles. The van der Waals surface area contributed by atoms with Gasteiger partial charge in [0.25, 0.3) is 15.9 Å². The van der Waals surface area contributed by atoms with Crippen molar-refractivity contribution in [3.05, 3.63) is 96.7 Å². The van der Waals surface area contributed by atoms with E-state index in [0.29, 0.717) is 11.3 Å². The molecule has 10 heteroatoms. The zero-order valence-electron chi connectivity index (χ0n) is 16.9. The summed E-state index contributed by atoms with van der Waals surface area (Å²) in [5.41, 5.74) is 1.94. The van der Waals surface area contributed by atoms with E-state index in [1.54, 1.807) is 42.9 Å². The molecule has 1 amide bonds. The van der Waals surface area contributed by atoms with Crippen molar-refractivity contribution >= 4 is 27.3 Å². The molecule has 166 valence electrons. The Morgan fingerprint density at radius 1 is 0.939 bits per heavy atom. The van der Waals surface area contributed by atoms with Crippen LogP contribution in [0.3, 0.4) is 0 Å². The minimum absolute atomic E-state index is 0.143. The van der Waals surface area contributed by atoms with Crippen molar-refractivity contribution < 1.29 is 22.7 Å². The molecule has 0 spiro atoms. The molecule has 0 saturated heterocycles. The summed E-state index contributed by atoms with van der Waals surface area (Å²) < 4.78 is 40.4. The van der Waals surface area contributed by atoms with Crippen molar-refractivity contribution in [2.45, 2.75) is 4.90 Å². The lowest BCUT2D eigenvalue weighted by atomic mass is 10.1. The summed E-state index contributed by atoms with van der Waals surface area (Å²) >= 11 is 0. The number of sulfonamides is 1. The topological polar surface area (TPSA) is 121 Å². The molecule has 4 aromatic rings. The summed E-state index contributed by atoms with van der Waals surface area (Å²) in [4.78, 5) is 20.7. The van der Waals surface area contributed by atoms with E-state index in [2.05, 4.69) is 20.0 Å². The normalized spacial score (nSPS) is 11.1. The van der Waals surface area contributed by atoms with Crippen molar-refractivity contribution in [1.29, 1.82) is 0 Å². The predicted octanol–water partition coefficient (Wildman–Crippen LogP) is 4.04. The van der Waals surface area contributed by atoms with E-state index in [0.717, 1.165) is 29.8 Å². The number of nitrogens with zero attached hydrogens (tertiary/aromatic N) is 2. The number of hydrogen-bond acceptors (Lipinski definition) is 6. The number of phenols is 1. The minimum atomic E-state index is -4.08. The molecule has 0 fully saturated rings. The predicted molar refractivity (Wildman–Crippen MR) is 121 cm³/mol. The monoisotopic (exact) mass is 464 g/mol. The lowest BCUT2D eigenvalue weighted by Crippen LogP contribution is -2.14. The number of carbonyl (C=O) groups is 1. The first-order valence-electron chi connectivity index (χ1n) is 9.61. The lowest BCUT2D eigenvalue weighted by Gasteiger charge is -2.12. The average molecular weight is 464 g/mol. The quantitative estimate of drug-likeness (QED) is 0.293. The number of carbonyl (C=O) groups excluding carboxylic acids is 1. The molecule has 4 rings (SSSR count). The molecule has 0 aliphatic carbocycles. The Kier molecular flexibility index (Phi) is 6.01. The van der Waals surface area contributed by atoms with Crippen LogP contribution in [-0.2, 0) is 10.0 Å². The summed E-state index contributed by atoms with van der Waals surface area (Å²) in [6.07, 6.45) is 4.75. The van der Waals surface area contributed by atoms with E-state index in [9.17, 15) is 22.7 Å². The Morgan fingerprint density at radius 2 is 1.67 bits per heavy atom. The van der Waals surface area contributed by atoms with Gasteiger partial charge < -0.3 is 10.4 Å². The first kappa shape index (κ1) is 21.9. The third kappa shape index (κ3) is 5.13. The van der Waals surface area contributed by atoms with Crippen molar-refractivity contribution in [3.8, 4) is 17.0 Å². The Balaban J connectivity index is 1.50. The van der Waals surface area contributed by atoms with Gasteiger partial charge in [-0.1, -0.05) is 12.1 Å². The Hall–Kier alpha value is -4.31. The van der Waals surface area contributed by atoms with Gasteiger partial charge in [0.1, 0.15) is 11.6 Å². The van der Waals surface area contributed by atoms with Crippen molar-refractivity contribution in [1.82, 2.24) is 9.97 Å². The van der Waals surface area contributed by atoms with Crippen LogP contribution < -0.4 is 10.0 Å². The van der Waals surface area contributed by atoms with Crippen molar-refractivity contribution in [2.75, 3.05) is 10.0 Å². The summed E-state index contributed by atoms with van der Waals surface area (Å²) in [5, 5.41) is 12.7. The van der Waals surface area contributed by atoms with Gasteiger partial charge in [-0.05, 0) is 54.6 Å². The van der Waals surface area contributed by atoms with Crippen LogP contribution in [0.5, 0.6) is 5.75 Å². The van der Waals surface area contributed by atoms with Gasteiger partial charge in [-0.2, -0.15) is 0 Å². The first-order chi connectivity index (χ1) is 15.8. The fourth-order valence-electron chi connectivity index (χ4n) is 2.96. The molecule has 0 unspecified atom stereocenters. The van der Waals surface area contributed by atoms with Crippen LogP contribution in [0.4, 0.5) is 15.8 Å². The van der Waals surface area contributed by atoms with E-state index >= 15 is 0 Å². The Morgan fingerprint density at radius 3 is 2.33 bits per heavy atom. The van der Waals surface area contributed by atoms with Gasteiger partial charge in [-0.25, -0.2) is 12.8 Å². The summed E-state index contributed by atoms with van der Waals surface area (Å²) in [7, 11) is -4.08. The van der Waals surface area contributed by atoms with Gasteiger partial charge >= 0.3 is 0 Å². The number of rotatable bonds is 6. The molecule has 1 aromatic heterocycles. The van der Waals surface area contributed by atoms with Gasteiger partial charge in [-0.15, -0.1) is 0 Å². The molecule has 0 atom stereocenters.